The van der Waals surface area contributed by atoms with Crippen LogP contribution in [-0.4, -0.2) is 61.6 Å². The molecule has 2 amide bonds. The number of aliphatic hydroxyl groups is 1. The zero-order chi connectivity index (χ0) is 26.4. The Morgan fingerprint density at radius 1 is 1.22 bits per heavy atom. The lowest BCUT2D eigenvalue weighted by Crippen LogP contribution is -2.47. The van der Waals surface area contributed by atoms with Gasteiger partial charge in [0.05, 0.1) is 0 Å². The van der Waals surface area contributed by atoms with Gasteiger partial charge in [0.2, 0.25) is 0 Å². The molecule has 0 spiro atoms. The zero-order valence-corrected chi connectivity index (χ0v) is 21.7. The number of aliphatic hydroxyl groups excluding tert-OH is 1. The first kappa shape index (κ1) is 26.7. The van der Waals surface area contributed by atoms with Crippen LogP contribution in [0.2, 0.25) is 0 Å². The van der Waals surface area contributed by atoms with Gasteiger partial charge in [-0.2, -0.15) is 0 Å². The van der Waals surface area contributed by atoms with Gasteiger partial charge in [0, 0.05) is 43.9 Å². The molecule has 2 aromatic carbocycles. The van der Waals surface area contributed by atoms with Crippen molar-refractivity contribution in [3.05, 3.63) is 59.4 Å². The van der Waals surface area contributed by atoms with E-state index < -0.39 is 6.23 Å². The van der Waals surface area contributed by atoms with E-state index >= 15 is 0 Å². The Kier molecular flexibility index (Phi) is 8.83. The summed E-state index contributed by atoms with van der Waals surface area (Å²) in [6, 6.07) is 11.9. The van der Waals surface area contributed by atoms with Crippen molar-refractivity contribution in [2.24, 2.45) is 13.0 Å². The minimum absolute atomic E-state index is 0.226. The molecule has 9 nitrogen and oxygen atoms in total. The number of nitrogens with one attached hydrogen (secondary N) is 2. The van der Waals surface area contributed by atoms with Crippen molar-refractivity contribution in [2.75, 3.05) is 18.4 Å². The highest BCUT2D eigenvalue weighted by Gasteiger charge is 2.26. The number of carbonyl (C=O) groups is 1. The molecule has 2 heterocycles. The van der Waals surface area contributed by atoms with Crippen LogP contribution in [0.25, 0.3) is 11.4 Å². The van der Waals surface area contributed by atoms with Crippen LogP contribution < -0.4 is 10.6 Å². The summed E-state index contributed by atoms with van der Waals surface area (Å²) in [6.45, 7) is 5.54. The van der Waals surface area contributed by atoms with E-state index in [9.17, 15) is 14.3 Å². The first-order chi connectivity index (χ1) is 17.8. The molecule has 0 radical (unpaired) electrons. The fraction of sp³-hybridized carbons (Fsp3) is 0.481. The number of nitrogens with zero attached hydrogens (tertiary/aromatic N) is 5. The second-order valence-electron chi connectivity index (χ2n) is 9.95. The summed E-state index contributed by atoms with van der Waals surface area (Å²) in [5.41, 5.74) is 3.65. The summed E-state index contributed by atoms with van der Waals surface area (Å²) in [5.74, 6) is 0.801. The van der Waals surface area contributed by atoms with E-state index in [-0.39, 0.29) is 17.9 Å². The Morgan fingerprint density at radius 2 is 2.00 bits per heavy atom. The summed E-state index contributed by atoms with van der Waals surface area (Å²) >= 11 is 0. The van der Waals surface area contributed by atoms with Crippen molar-refractivity contribution in [3.63, 3.8) is 0 Å². The molecule has 1 fully saturated rings. The number of benzene rings is 2. The van der Waals surface area contributed by atoms with Crippen LogP contribution in [0.4, 0.5) is 14.9 Å². The molecule has 10 heteroatoms. The van der Waals surface area contributed by atoms with E-state index in [1.54, 1.807) is 11.7 Å². The Morgan fingerprint density at radius 3 is 2.70 bits per heavy atom. The van der Waals surface area contributed by atoms with Crippen LogP contribution in [0, 0.1) is 11.7 Å². The van der Waals surface area contributed by atoms with Gasteiger partial charge in [-0.15, -0.1) is 5.10 Å². The van der Waals surface area contributed by atoms with Crippen molar-refractivity contribution in [1.82, 2.24) is 30.4 Å². The highest BCUT2D eigenvalue weighted by atomic mass is 19.1. The fourth-order valence-electron chi connectivity index (χ4n) is 4.98. The van der Waals surface area contributed by atoms with Crippen molar-refractivity contribution < 1.29 is 14.3 Å². The molecule has 198 valence electrons. The van der Waals surface area contributed by atoms with Crippen molar-refractivity contribution in [3.8, 4) is 11.4 Å². The number of amides is 2. The molecule has 37 heavy (non-hydrogen) atoms. The number of hydrogen-bond donors (Lipinski definition) is 3. The normalized spacial score (nSPS) is 17.8. The van der Waals surface area contributed by atoms with Gasteiger partial charge in [-0.3, -0.25) is 4.90 Å². The third kappa shape index (κ3) is 7.33. The van der Waals surface area contributed by atoms with E-state index in [4.69, 9.17) is 0 Å². The zero-order valence-electron chi connectivity index (χ0n) is 21.7. The van der Waals surface area contributed by atoms with E-state index in [1.807, 2.05) is 44.2 Å². The molecule has 3 N–H and O–H groups in total. The van der Waals surface area contributed by atoms with Crippen LogP contribution in [0.15, 0.2) is 42.5 Å². The Labute approximate surface area is 217 Å². The highest BCUT2D eigenvalue weighted by molar-refractivity contribution is 5.90. The maximum Gasteiger partial charge on any atom is 0.319 e. The molecule has 0 aliphatic carbocycles. The Balaban J connectivity index is 1.29. The van der Waals surface area contributed by atoms with Crippen LogP contribution in [0.5, 0.6) is 0 Å². The minimum Gasteiger partial charge on any atom is -0.378 e. The fourth-order valence-corrected chi connectivity index (χ4v) is 4.98. The molecule has 0 unspecified atom stereocenters. The third-order valence-electron chi connectivity index (χ3n) is 6.89. The molecule has 3 aromatic rings. The average Bonchev–Trinajstić information content (AvgIpc) is 3.31. The molecular weight excluding hydrogens is 473 g/mol. The number of aryl methyl sites for hydroxylation is 2. The SMILES string of the molecule is CCc1cc(NC(=O)N[C@H](C)C[C@@H](O)N2CCC[C@@H](Cc3ccc(F)cc3)C2)cc(-c2nnnn2C)c1. The number of urea groups is 1. The highest BCUT2D eigenvalue weighted by Crippen LogP contribution is 2.24. The van der Waals surface area contributed by atoms with Gasteiger partial charge in [-0.25, -0.2) is 13.9 Å². The lowest BCUT2D eigenvalue weighted by atomic mass is 9.91. The van der Waals surface area contributed by atoms with Crippen LogP contribution >= 0.6 is 0 Å². The standard InChI is InChI=1S/C27H36FN7O2/c1-4-19-14-22(26-31-32-33-34(26)3)16-24(15-19)30-27(37)29-18(2)12-25(36)35-11-5-6-21(17-35)13-20-7-9-23(28)10-8-20/h7-10,14-16,18,21,25,36H,4-6,11-13,17H2,1-3H3,(H2,29,30,37)/t18-,21+,25-/m1/s1. The number of likely N-dealkylation sites (tertiary alicyclic amines) is 1. The predicted molar refractivity (Wildman–Crippen MR) is 140 cm³/mol. The lowest BCUT2D eigenvalue weighted by Gasteiger charge is -2.37. The van der Waals surface area contributed by atoms with Gasteiger partial charge >= 0.3 is 6.03 Å². The molecule has 1 aliphatic rings. The van der Waals surface area contributed by atoms with E-state index in [2.05, 4.69) is 31.1 Å². The number of hydrogen-bond acceptors (Lipinski definition) is 6. The molecule has 4 rings (SSSR count). The summed E-state index contributed by atoms with van der Waals surface area (Å²) < 4.78 is 14.8. The van der Waals surface area contributed by atoms with Gasteiger partial charge in [-0.05, 0) is 90.4 Å². The lowest BCUT2D eigenvalue weighted by molar-refractivity contribution is -0.0306. The van der Waals surface area contributed by atoms with Crippen LogP contribution in [0.1, 0.15) is 44.2 Å². The van der Waals surface area contributed by atoms with Crippen molar-refractivity contribution in [2.45, 2.75) is 58.2 Å². The molecule has 1 saturated heterocycles. The summed E-state index contributed by atoms with van der Waals surface area (Å²) in [7, 11) is 1.77. The average molecular weight is 510 g/mol. The first-order valence-electron chi connectivity index (χ1n) is 12.9. The summed E-state index contributed by atoms with van der Waals surface area (Å²) in [6.07, 6.45) is 3.52. The topological polar surface area (TPSA) is 108 Å². The number of carbonyl (C=O) groups excluding carboxylic acids is 1. The maximum absolute atomic E-state index is 13.2. The number of rotatable bonds is 9. The van der Waals surface area contributed by atoms with Crippen LogP contribution in [0.3, 0.4) is 0 Å². The molecule has 0 bridgehead atoms. The van der Waals surface area contributed by atoms with Crippen molar-refractivity contribution in [1.29, 1.82) is 0 Å². The number of halogens is 1. The van der Waals surface area contributed by atoms with Gasteiger partial charge in [0.25, 0.3) is 0 Å². The monoisotopic (exact) mass is 509 g/mol. The quantitative estimate of drug-likeness (QED) is 0.406. The van der Waals surface area contributed by atoms with Crippen molar-refractivity contribution >= 4 is 11.7 Å². The van der Waals surface area contributed by atoms with E-state index in [0.29, 0.717) is 23.9 Å². The maximum atomic E-state index is 13.2. The van der Waals surface area contributed by atoms with Gasteiger partial charge in [-0.1, -0.05) is 19.1 Å². The second-order valence-corrected chi connectivity index (χ2v) is 9.95. The summed E-state index contributed by atoms with van der Waals surface area (Å²) in [4.78, 5) is 14.8. The molecule has 3 atom stereocenters. The van der Waals surface area contributed by atoms with E-state index in [1.165, 1.54) is 12.1 Å². The Hall–Kier alpha value is -3.37. The minimum atomic E-state index is -0.648. The van der Waals surface area contributed by atoms with Crippen LogP contribution in [-0.2, 0) is 19.9 Å². The van der Waals surface area contributed by atoms with E-state index in [0.717, 1.165) is 55.5 Å². The number of tetrazole rings is 1. The molecular formula is C27H36FN7O2. The number of aromatic nitrogens is 4. The third-order valence-corrected chi connectivity index (χ3v) is 6.89. The number of anilines is 1. The van der Waals surface area contributed by atoms with Gasteiger partial charge in [0.15, 0.2) is 5.82 Å². The smallest absolute Gasteiger partial charge is 0.319 e. The largest absolute Gasteiger partial charge is 0.378 e. The first-order valence-corrected chi connectivity index (χ1v) is 12.9. The predicted octanol–water partition coefficient (Wildman–Crippen LogP) is 3.75. The molecule has 0 saturated carbocycles. The summed E-state index contributed by atoms with van der Waals surface area (Å²) in [5, 5.41) is 28.4. The van der Waals surface area contributed by atoms with Gasteiger partial charge < -0.3 is 15.7 Å². The van der Waals surface area contributed by atoms with Gasteiger partial charge in [0.1, 0.15) is 12.0 Å². The number of piperidine rings is 1. The molecule has 1 aromatic heterocycles. The second kappa shape index (κ2) is 12.2. The molecule has 1 aliphatic heterocycles. The Bertz CT molecular complexity index is 1180.